The smallest absolute Gasteiger partial charge is 0.272 e. The second-order valence-corrected chi connectivity index (χ2v) is 5.37. The first-order valence-electron chi connectivity index (χ1n) is 6.75. The second kappa shape index (κ2) is 3.63. The number of fused-ring (bicyclic) bond motifs is 3. The zero-order chi connectivity index (χ0) is 13.8. The Morgan fingerprint density at radius 2 is 1.60 bits per heavy atom. The van der Waals surface area contributed by atoms with Gasteiger partial charge in [-0.2, -0.15) is 0 Å². The Bertz CT molecular complexity index is 710. The van der Waals surface area contributed by atoms with Crippen LogP contribution < -0.4 is 4.74 Å². The van der Waals surface area contributed by atoms with E-state index in [0.717, 1.165) is 16.9 Å². The molecule has 20 heavy (non-hydrogen) atoms. The number of aliphatic imine (C=N–C) groups is 1. The van der Waals surface area contributed by atoms with Gasteiger partial charge in [-0.25, -0.2) is 4.99 Å². The van der Waals surface area contributed by atoms with Gasteiger partial charge >= 0.3 is 0 Å². The Morgan fingerprint density at radius 3 is 2.40 bits per heavy atom. The summed E-state index contributed by atoms with van der Waals surface area (Å²) in [5, 5.41) is 0. The highest BCUT2D eigenvalue weighted by Crippen LogP contribution is 2.58. The van der Waals surface area contributed by atoms with Gasteiger partial charge in [-0.05, 0) is 13.0 Å². The van der Waals surface area contributed by atoms with E-state index in [1.807, 2.05) is 68.4 Å². The summed E-state index contributed by atoms with van der Waals surface area (Å²) in [4.78, 5) is 4.71. The SMILES string of the molecule is CC1=N[C@]2(c3ccccc3)Oc3ccccc3[C@]2(C)O1. The van der Waals surface area contributed by atoms with Gasteiger partial charge in [0.15, 0.2) is 5.90 Å². The van der Waals surface area contributed by atoms with E-state index in [9.17, 15) is 0 Å². The fourth-order valence-electron chi connectivity index (χ4n) is 3.25. The number of nitrogens with zero attached hydrogens (tertiary/aromatic N) is 1. The first-order chi connectivity index (χ1) is 9.66. The molecule has 0 saturated carbocycles. The summed E-state index contributed by atoms with van der Waals surface area (Å²) in [5.74, 6) is 1.50. The summed E-state index contributed by atoms with van der Waals surface area (Å²) in [6.45, 7) is 3.92. The zero-order valence-electron chi connectivity index (χ0n) is 11.5. The van der Waals surface area contributed by atoms with Gasteiger partial charge in [0, 0.05) is 18.1 Å². The van der Waals surface area contributed by atoms with Crippen LogP contribution in [-0.4, -0.2) is 5.90 Å². The lowest BCUT2D eigenvalue weighted by Gasteiger charge is -2.32. The molecule has 2 aliphatic rings. The van der Waals surface area contributed by atoms with Crippen molar-refractivity contribution in [2.75, 3.05) is 0 Å². The van der Waals surface area contributed by atoms with Crippen LogP contribution in [0.25, 0.3) is 0 Å². The fraction of sp³-hybridized carbons (Fsp3) is 0.235. The Hall–Kier alpha value is -2.29. The highest BCUT2D eigenvalue weighted by Gasteiger charge is 2.64. The molecule has 0 bridgehead atoms. The van der Waals surface area contributed by atoms with Crippen LogP contribution in [0.3, 0.4) is 0 Å². The maximum Gasteiger partial charge on any atom is 0.272 e. The van der Waals surface area contributed by atoms with Crippen LogP contribution in [0.5, 0.6) is 5.75 Å². The third-order valence-electron chi connectivity index (χ3n) is 4.14. The molecule has 2 aromatic carbocycles. The summed E-state index contributed by atoms with van der Waals surface area (Å²) in [6, 6.07) is 18.1. The van der Waals surface area contributed by atoms with E-state index in [4.69, 9.17) is 14.5 Å². The van der Waals surface area contributed by atoms with E-state index in [0.29, 0.717) is 5.90 Å². The molecule has 2 aliphatic heterocycles. The van der Waals surface area contributed by atoms with Gasteiger partial charge in [-0.15, -0.1) is 0 Å². The number of ether oxygens (including phenoxy) is 2. The zero-order valence-corrected chi connectivity index (χ0v) is 11.5. The maximum absolute atomic E-state index is 6.27. The lowest BCUT2D eigenvalue weighted by molar-refractivity contribution is -0.0648. The van der Waals surface area contributed by atoms with Gasteiger partial charge in [-0.1, -0.05) is 48.5 Å². The van der Waals surface area contributed by atoms with Crippen molar-refractivity contribution in [1.82, 2.24) is 0 Å². The van der Waals surface area contributed by atoms with E-state index in [1.165, 1.54) is 0 Å². The predicted octanol–water partition coefficient (Wildman–Crippen LogP) is 3.60. The average molecular weight is 265 g/mol. The highest BCUT2D eigenvalue weighted by atomic mass is 16.6. The first kappa shape index (κ1) is 11.5. The van der Waals surface area contributed by atoms with Crippen LogP contribution >= 0.6 is 0 Å². The number of rotatable bonds is 1. The summed E-state index contributed by atoms with van der Waals surface area (Å²) in [6.07, 6.45) is 0. The second-order valence-electron chi connectivity index (χ2n) is 5.37. The van der Waals surface area contributed by atoms with Gasteiger partial charge in [0.2, 0.25) is 5.60 Å². The van der Waals surface area contributed by atoms with E-state index in [-0.39, 0.29) is 0 Å². The third kappa shape index (κ3) is 1.22. The Balaban J connectivity index is 1.99. The number of para-hydroxylation sites is 1. The molecule has 2 atom stereocenters. The van der Waals surface area contributed by atoms with E-state index in [2.05, 4.69) is 0 Å². The number of hydrogen-bond acceptors (Lipinski definition) is 3. The molecule has 2 heterocycles. The minimum Gasteiger partial charge on any atom is -0.463 e. The molecule has 3 heteroatoms. The first-order valence-corrected chi connectivity index (χ1v) is 6.75. The molecule has 0 aliphatic carbocycles. The van der Waals surface area contributed by atoms with Crippen LogP contribution in [0, 0.1) is 0 Å². The Kier molecular flexibility index (Phi) is 2.09. The summed E-state index contributed by atoms with van der Waals surface area (Å²) >= 11 is 0. The van der Waals surface area contributed by atoms with Crippen LogP contribution in [0.1, 0.15) is 25.0 Å². The van der Waals surface area contributed by atoms with Gasteiger partial charge in [0.05, 0.1) is 0 Å². The molecule has 0 amide bonds. The van der Waals surface area contributed by atoms with Gasteiger partial charge in [0.25, 0.3) is 5.72 Å². The molecule has 2 aromatic rings. The minimum absolute atomic E-state index is 0.616. The van der Waals surface area contributed by atoms with Crippen molar-refractivity contribution in [2.45, 2.75) is 25.2 Å². The summed E-state index contributed by atoms with van der Waals surface area (Å²) < 4.78 is 12.3. The number of benzene rings is 2. The molecule has 0 spiro atoms. The van der Waals surface area contributed by atoms with Crippen molar-refractivity contribution >= 4 is 5.90 Å². The lowest BCUT2D eigenvalue weighted by atomic mass is 9.83. The van der Waals surface area contributed by atoms with Crippen molar-refractivity contribution in [1.29, 1.82) is 0 Å². The molecule has 100 valence electrons. The van der Waals surface area contributed by atoms with Gasteiger partial charge in [-0.3, -0.25) is 0 Å². The molecule has 0 aromatic heterocycles. The normalized spacial score (nSPS) is 30.0. The maximum atomic E-state index is 6.27. The Labute approximate surface area is 117 Å². The topological polar surface area (TPSA) is 30.8 Å². The van der Waals surface area contributed by atoms with Crippen molar-refractivity contribution in [3.63, 3.8) is 0 Å². The predicted molar refractivity (Wildman–Crippen MR) is 76.7 cm³/mol. The van der Waals surface area contributed by atoms with Crippen molar-refractivity contribution < 1.29 is 9.47 Å². The van der Waals surface area contributed by atoms with E-state index < -0.39 is 11.3 Å². The molecule has 0 N–H and O–H groups in total. The average Bonchev–Trinajstić information content (AvgIpc) is 2.85. The lowest BCUT2D eigenvalue weighted by Crippen LogP contribution is -2.43. The molecular weight excluding hydrogens is 250 g/mol. The van der Waals surface area contributed by atoms with Crippen LogP contribution in [0.2, 0.25) is 0 Å². The van der Waals surface area contributed by atoms with E-state index in [1.54, 1.807) is 0 Å². The van der Waals surface area contributed by atoms with Crippen molar-refractivity contribution in [3.05, 3.63) is 65.7 Å². The Morgan fingerprint density at radius 1 is 0.900 bits per heavy atom. The number of hydrogen-bond donors (Lipinski definition) is 0. The third-order valence-corrected chi connectivity index (χ3v) is 4.14. The van der Waals surface area contributed by atoms with Crippen molar-refractivity contribution in [2.24, 2.45) is 4.99 Å². The van der Waals surface area contributed by atoms with Crippen molar-refractivity contribution in [3.8, 4) is 5.75 Å². The standard InChI is InChI=1S/C17H15NO2/c1-12-18-17(13-8-4-3-5-9-13)16(2,19-12)14-10-6-7-11-15(14)20-17/h3-11H,1-2H3/t16-,17+/m0/s1. The molecule has 3 nitrogen and oxygen atoms in total. The van der Waals surface area contributed by atoms with Gasteiger partial charge < -0.3 is 9.47 Å². The molecule has 0 fully saturated rings. The fourth-order valence-corrected chi connectivity index (χ4v) is 3.25. The van der Waals surface area contributed by atoms with Crippen LogP contribution in [0.15, 0.2) is 59.6 Å². The quantitative estimate of drug-likeness (QED) is 0.788. The highest BCUT2D eigenvalue weighted by molar-refractivity contribution is 5.78. The van der Waals surface area contributed by atoms with E-state index >= 15 is 0 Å². The largest absolute Gasteiger partial charge is 0.463 e. The molecule has 0 unspecified atom stereocenters. The monoisotopic (exact) mass is 265 g/mol. The molecule has 4 rings (SSSR count). The molecule has 0 radical (unpaired) electrons. The molecular formula is C17H15NO2. The molecule has 0 saturated heterocycles. The van der Waals surface area contributed by atoms with Gasteiger partial charge in [0.1, 0.15) is 5.75 Å². The van der Waals surface area contributed by atoms with Crippen LogP contribution in [-0.2, 0) is 16.1 Å². The minimum atomic E-state index is -0.817. The summed E-state index contributed by atoms with van der Waals surface area (Å²) in [5.41, 5.74) is 0.622. The van der Waals surface area contributed by atoms with Crippen LogP contribution in [0.4, 0.5) is 0 Å². The summed E-state index contributed by atoms with van der Waals surface area (Å²) in [7, 11) is 0.